The Morgan fingerprint density at radius 2 is 1.67 bits per heavy atom. The maximum absolute atomic E-state index is 13.8. The minimum atomic E-state index is -0.901. The Hall–Kier alpha value is -1.29. The lowest BCUT2D eigenvalue weighted by Gasteiger charge is -2.43. The molecule has 1 aliphatic carbocycles. The number of carbonyl (C=O) groups is 2. The van der Waals surface area contributed by atoms with Crippen molar-refractivity contribution < 1.29 is 19.4 Å². The normalized spacial score (nSPS) is 22.4. The number of nitrogens with zero attached hydrogens (tertiary/aromatic N) is 3. The third-order valence-corrected chi connectivity index (χ3v) is 7.96. The average Bonchev–Trinajstić information content (AvgIpc) is 2.84. The van der Waals surface area contributed by atoms with Crippen LogP contribution in [0.15, 0.2) is 0 Å². The largest absolute Gasteiger partial charge is 0.481 e. The molecule has 0 aromatic carbocycles. The van der Waals surface area contributed by atoms with E-state index in [-0.39, 0.29) is 55.2 Å². The van der Waals surface area contributed by atoms with Crippen LogP contribution in [0.2, 0.25) is 0 Å². The summed E-state index contributed by atoms with van der Waals surface area (Å²) in [7, 11) is 0. The third-order valence-electron chi connectivity index (χ3n) is 7.96. The first-order chi connectivity index (χ1) is 16.4. The molecule has 2 saturated heterocycles. The van der Waals surface area contributed by atoms with E-state index in [9.17, 15) is 14.7 Å². The van der Waals surface area contributed by atoms with Gasteiger partial charge in [-0.2, -0.15) is 0 Å². The van der Waals surface area contributed by atoms with Gasteiger partial charge < -0.3 is 25.4 Å². The maximum Gasteiger partial charge on any atom is 0.305 e. The van der Waals surface area contributed by atoms with Crippen LogP contribution in [0.4, 0.5) is 0 Å². The summed E-state index contributed by atoms with van der Waals surface area (Å²) in [5.41, 5.74) is 5.58. The molecule has 0 aromatic heterocycles. The van der Waals surface area contributed by atoms with Gasteiger partial charge in [0.15, 0.2) is 5.96 Å². The topological polar surface area (TPSA) is 123 Å². The predicted molar refractivity (Wildman–Crippen MR) is 146 cm³/mol. The molecule has 2 atom stereocenters. The second kappa shape index (κ2) is 16.5. The van der Waals surface area contributed by atoms with Crippen molar-refractivity contribution in [3.05, 3.63) is 0 Å². The number of guanidine groups is 1. The zero-order valence-electron chi connectivity index (χ0n) is 21.7. The number of halogens is 2. The molecular formula is C25H47Cl2N5O4. The van der Waals surface area contributed by atoms with Crippen LogP contribution in [0.25, 0.3) is 0 Å². The number of nitrogens with two attached hydrogens (primary N) is 1. The molecule has 0 bridgehead atoms. The molecule has 2 heterocycles. The van der Waals surface area contributed by atoms with Gasteiger partial charge in [0.1, 0.15) is 6.04 Å². The van der Waals surface area contributed by atoms with Crippen LogP contribution >= 0.6 is 24.8 Å². The van der Waals surface area contributed by atoms with Gasteiger partial charge in [-0.1, -0.05) is 26.2 Å². The molecule has 1 saturated carbocycles. The SMILES string of the molecule is CCN(C1CCCCC1)[C@@H](CC(=O)O)C(=O)N1CCCCC1CCOC1CCN(C(=N)N)CC1.Cl.Cl. The van der Waals surface area contributed by atoms with Crippen LogP contribution in [0, 0.1) is 5.41 Å². The van der Waals surface area contributed by atoms with E-state index in [1.165, 1.54) is 6.42 Å². The summed E-state index contributed by atoms with van der Waals surface area (Å²) in [5, 5.41) is 17.2. The Bertz CT molecular complexity index is 687. The number of ether oxygens (including phenoxy) is 1. The number of likely N-dealkylation sites (N-methyl/N-ethyl adjacent to an activating group) is 1. The first-order valence-corrected chi connectivity index (χ1v) is 13.4. The second-order valence-corrected chi connectivity index (χ2v) is 10.1. The number of aliphatic carboxylic acids is 1. The molecule has 210 valence electrons. The second-order valence-electron chi connectivity index (χ2n) is 10.1. The van der Waals surface area contributed by atoms with Gasteiger partial charge in [0, 0.05) is 38.3 Å². The fourth-order valence-electron chi connectivity index (χ4n) is 6.07. The minimum absolute atomic E-state index is 0. The van der Waals surface area contributed by atoms with E-state index in [4.69, 9.17) is 15.9 Å². The summed E-state index contributed by atoms with van der Waals surface area (Å²) in [4.78, 5) is 31.6. The van der Waals surface area contributed by atoms with Gasteiger partial charge in [-0.05, 0) is 57.9 Å². The van der Waals surface area contributed by atoms with Crippen molar-refractivity contribution in [1.82, 2.24) is 14.7 Å². The van der Waals surface area contributed by atoms with E-state index in [2.05, 4.69) is 11.8 Å². The maximum atomic E-state index is 13.8. The molecule has 0 radical (unpaired) electrons. The molecule has 2 aliphatic heterocycles. The Labute approximate surface area is 228 Å². The summed E-state index contributed by atoms with van der Waals surface area (Å²) in [6.07, 6.45) is 11.2. The Morgan fingerprint density at radius 3 is 2.25 bits per heavy atom. The number of carboxylic acids is 1. The first kappa shape index (κ1) is 32.7. The number of hydrogen-bond acceptors (Lipinski definition) is 5. The molecule has 0 spiro atoms. The summed E-state index contributed by atoms with van der Waals surface area (Å²) in [5.74, 6) is -0.782. The molecule has 36 heavy (non-hydrogen) atoms. The van der Waals surface area contributed by atoms with E-state index in [1.54, 1.807) is 0 Å². The number of carbonyl (C=O) groups excluding carboxylic acids is 1. The van der Waals surface area contributed by atoms with Gasteiger partial charge in [0.25, 0.3) is 0 Å². The van der Waals surface area contributed by atoms with Gasteiger partial charge in [-0.3, -0.25) is 19.9 Å². The number of nitrogens with one attached hydrogen (secondary N) is 1. The average molecular weight is 553 g/mol. The highest BCUT2D eigenvalue weighted by Gasteiger charge is 2.38. The zero-order chi connectivity index (χ0) is 24.5. The van der Waals surface area contributed by atoms with Crippen LogP contribution in [0.3, 0.4) is 0 Å². The van der Waals surface area contributed by atoms with Crippen LogP contribution < -0.4 is 5.73 Å². The monoisotopic (exact) mass is 551 g/mol. The Balaban J connectivity index is 0.00000324. The van der Waals surface area contributed by atoms with E-state index >= 15 is 0 Å². The summed E-state index contributed by atoms with van der Waals surface area (Å²) in [6.45, 7) is 5.56. The van der Waals surface area contributed by atoms with Gasteiger partial charge in [0.05, 0.1) is 12.5 Å². The fourth-order valence-corrected chi connectivity index (χ4v) is 6.07. The highest BCUT2D eigenvalue weighted by Crippen LogP contribution is 2.28. The van der Waals surface area contributed by atoms with Crippen LogP contribution in [0.1, 0.15) is 84.0 Å². The number of amides is 1. The molecule has 0 aromatic rings. The lowest BCUT2D eigenvalue weighted by atomic mass is 9.91. The van der Waals surface area contributed by atoms with Gasteiger partial charge >= 0.3 is 5.97 Å². The number of piperidine rings is 2. The summed E-state index contributed by atoms with van der Waals surface area (Å²) in [6, 6.07) is -0.164. The summed E-state index contributed by atoms with van der Waals surface area (Å²) >= 11 is 0. The van der Waals surface area contributed by atoms with Gasteiger partial charge in [-0.25, -0.2) is 0 Å². The van der Waals surface area contributed by atoms with Crippen molar-refractivity contribution in [1.29, 1.82) is 5.41 Å². The fraction of sp³-hybridized carbons (Fsp3) is 0.880. The molecule has 1 unspecified atom stereocenters. The summed E-state index contributed by atoms with van der Waals surface area (Å²) < 4.78 is 6.15. The van der Waals surface area contributed by atoms with Crippen molar-refractivity contribution in [2.45, 2.75) is 108 Å². The minimum Gasteiger partial charge on any atom is -0.481 e. The van der Waals surface area contributed by atoms with Crippen molar-refractivity contribution in [3.8, 4) is 0 Å². The van der Waals surface area contributed by atoms with Crippen LogP contribution in [0.5, 0.6) is 0 Å². The Morgan fingerprint density at radius 1 is 1.03 bits per heavy atom. The van der Waals surface area contributed by atoms with E-state index in [0.717, 1.165) is 77.3 Å². The number of likely N-dealkylation sites (tertiary alicyclic amines) is 2. The molecule has 11 heteroatoms. The molecule has 9 nitrogen and oxygen atoms in total. The number of hydrogen-bond donors (Lipinski definition) is 3. The first-order valence-electron chi connectivity index (χ1n) is 13.4. The predicted octanol–water partition coefficient (Wildman–Crippen LogP) is 3.47. The molecule has 3 rings (SSSR count). The highest BCUT2D eigenvalue weighted by atomic mass is 35.5. The Kier molecular flexibility index (Phi) is 15.0. The van der Waals surface area contributed by atoms with E-state index in [0.29, 0.717) is 25.7 Å². The number of rotatable bonds is 10. The highest BCUT2D eigenvalue weighted by molar-refractivity contribution is 5.86. The smallest absolute Gasteiger partial charge is 0.305 e. The lowest BCUT2D eigenvalue weighted by molar-refractivity contribution is -0.149. The molecule has 3 aliphatic rings. The lowest BCUT2D eigenvalue weighted by Crippen LogP contribution is -2.56. The zero-order valence-corrected chi connectivity index (χ0v) is 23.4. The van der Waals surface area contributed by atoms with Gasteiger partial charge in [0.2, 0.25) is 5.91 Å². The quantitative estimate of drug-likeness (QED) is 0.280. The van der Waals surface area contributed by atoms with Crippen LogP contribution in [-0.2, 0) is 14.3 Å². The van der Waals surface area contributed by atoms with Crippen molar-refractivity contribution in [2.75, 3.05) is 32.8 Å². The number of carboxylic acid groups (broad SMARTS) is 1. The molecular weight excluding hydrogens is 505 g/mol. The van der Waals surface area contributed by atoms with Crippen molar-refractivity contribution in [3.63, 3.8) is 0 Å². The van der Waals surface area contributed by atoms with Crippen molar-refractivity contribution in [2.24, 2.45) is 5.73 Å². The van der Waals surface area contributed by atoms with Gasteiger partial charge in [-0.15, -0.1) is 24.8 Å². The van der Waals surface area contributed by atoms with Crippen molar-refractivity contribution >= 4 is 42.7 Å². The molecule has 1 amide bonds. The van der Waals surface area contributed by atoms with E-state index < -0.39 is 12.0 Å². The standard InChI is InChI=1S/C25H45N5O4.2ClH/c1-2-29(19-8-4-3-5-9-19)22(18-23(31)32)24(33)30-14-7-6-10-20(30)13-17-34-21-11-15-28(16-12-21)25(26)27;;/h19-22H,2-18H2,1H3,(H3,26,27)(H,31,32);2*1H/t20?,22-;;/m0../s1. The van der Waals surface area contributed by atoms with E-state index in [1.807, 2.05) is 9.80 Å². The molecule has 4 N–H and O–H groups in total. The van der Waals surface area contributed by atoms with Crippen LogP contribution in [-0.4, -0.2) is 94.7 Å². The third kappa shape index (κ3) is 9.23. The molecule has 3 fully saturated rings.